The van der Waals surface area contributed by atoms with Crippen LogP contribution in [0.1, 0.15) is 10.5 Å². The molecule has 0 amide bonds. The maximum absolute atomic E-state index is 12.0. The summed E-state index contributed by atoms with van der Waals surface area (Å²) in [6, 6.07) is 15.1. The van der Waals surface area contributed by atoms with E-state index in [2.05, 4.69) is 9.97 Å². The molecule has 0 fully saturated rings. The molecule has 5 heteroatoms. The highest BCUT2D eigenvalue weighted by Gasteiger charge is 2.19. The first-order valence-corrected chi connectivity index (χ1v) is 6.44. The molecular formula is C16H13N3O2. The summed E-state index contributed by atoms with van der Waals surface area (Å²) in [5.74, 6) is 0.00591. The van der Waals surface area contributed by atoms with E-state index in [4.69, 9.17) is 4.74 Å². The number of carbonyl (C=O) groups is 1. The summed E-state index contributed by atoms with van der Waals surface area (Å²) < 4.78 is 6.53. The highest BCUT2D eigenvalue weighted by Crippen LogP contribution is 2.25. The molecule has 0 aliphatic rings. The van der Waals surface area contributed by atoms with Gasteiger partial charge in [-0.15, -0.1) is 0 Å². The molecule has 0 radical (unpaired) electrons. The lowest BCUT2D eigenvalue weighted by molar-refractivity contribution is 0.0591. The number of aromatic nitrogens is 3. The lowest BCUT2D eigenvalue weighted by atomic mass is 10.1. The van der Waals surface area contributed by atoms with Crippen LogP contribution in [0.3, 0.4) is 0 Å². The van der Waals surface area contributed by atoms with Gasteiger partial charge in [-0.1, -0.05) is 30.3 Å². The largest absolute Gasteiger partial charge is 0.464 e. The fraction of sp³-hybridized carbons (Fsp3) is 0.0625. The predicted molar refractivity (Wildman–Crippen MR) is 78.1 cm³/mol. The molecule has 0 aliphatic heterocycles. The van der Waals surface area contributed by atoms with Crippen LogP contribution in [0.5, 0.6) is 0 Å². The van der Waals surface area contributed by atoms with Crippen LogP contribution >= 0.6 is 0 Å². The summed E-state index contributed by atoms with van der Waals surface area (Å²) in [6.45, 7) is 0. The van der Waals surface area contributed by atoms with Crippen molar-refractivity contribution in [3.8, 4) is 17.2 Å². The van der Waals surface area contributed by atoms with Crippen LogP contribution in [0.25, 0.3) is 17.2 Å². The second kappa shape index (κ2) is 5.58. The van der Waals surface area contributed by atoms with E-state index in [1.54, 1.807) is 29.1 Å². The van der Waals surface area contributed by atoms with E-state index >= 15 is 0 Å². The Bertz CT molecular complexity index is 752. The van der Waals surface area contributed by atoms with Crippen molar-refractivity contribution in [2.75, 3.05) is 7.11 Å². The van der Waals surface area contributed by atoms with Crippen molar-refractivity contribution in [2.45, 2.75) is 0 Å². The lowest BCUT2D eigenvalue weighted by Gasteiger charge is -2.10. The Hall–Kier alpha value is -2.95. The van der Waals surface area contributed by atoms with Gasteiger partial charge in [-0.3, -0.25) is 4.57 Å². The molecule has 0 aliphatic carbocycles. The van der Waals surface area contributed by atoms with Gasteiger partial charge in [0.1, 0.15) is 5.69 Å². The summed E-state index contributed by atoms with van der Waals surface area (Å²) >= 11 is 0. The maximum atomic E-state index is 12.0. The summed E-state index contributed by atoms with van der Waals surface area (Å²) in [6.07, 6.45) is 3.27. The molecule has 2 aromatic heterocycles. The second-order valence-electron chi connectivity index (χ2n) is 4.35. The molecule has 0 saturated carbocycles. The van der Waals surface area contributed by atoms with E-state index in [0.29, 0.717) is 11.6 Å². The number of hydrogen-bond donors (Lipinski definition) is 0. The molecule has 2 heterocycles. The van der Waals surface area contributed by atoms with Gasteiger partial charge in [0, 0.05) is 12.4 Å². The summed E-state index contributed by atoms with van der Waals surface area (Å²) in [4.78, 5) is 20.4. The molecule has 3 aromatic rings. The molecule has 3 rings (SSSR count). The smallest absolute Gasteiger partial charge is 0.355 e. The zero-order valence-corrected chi connectivity index (χ0v) is 11.4. The van der Waals surface area contributed by atoms with Gasteiger partial charge in [-0.2, -0.15) is 0 Å². The molecule has 0 unspecified atom stereocenters. The molecule has 1 aromatic carbocycles. The van der Waals surface area contributed by atoms with E-state index in [-0.39, 0.29) is 0 Å². The number of ether oxygens (including phenoxy) is 1. The van der Waals surface area contributed by atoms with Gasteiger partial charge in [0.15, 0.2) is 0 Å². The quantitative estimate of drug-likeness (QED) is 0.692. The van der Waals surface area contributed by atoms with Crippen LogP contribution in [0.2, 0.25) is 0 Å². The van der Waals surface area contributed by atoms with Gasteiger partial charge >= 0.3 is 5.97 Å². The fourth-order valence-electron chi connectivity index (χ4n) is 2.16. The monoisotopic (exact) mass is 279 g/mol. The first-order valence-electron chi connectivity index (χ1n) is 6.44. The van der Waals surface area contributed by atoms with Crippen LogP contribution in [0.4, 0.5) is 0 Å². The number of rotatable bonds is 3. The van der Waals surface area contributed by atoms with Crippen molar-refractivity contribution in [3.05, 3.63) is 66.6 Å². The fourth-order valence-corrected chi connectivity index (χ4v) is 2.16. The SMILES string of the molecule is COC(=O)c1ccc(-c2ccccc2)n1-c1ncccn1. The number of hydrogen-bond acceptors (Lipinski definition) is 4. The zero-order valence-electron chi connectivity index (χ0n) is 11.4. The van der Waals surface area contributed by atoms with Crippen LogP contribution in [-0.4, -0.2) is 27.6 Å². The maximum Gasteiger partial charge on any atom is 0.355 e. The summed E-state index contributed by atoms with van der Waals surface area (Å²) in [5.41, 5.74) is 2.20. The van der Waals surface area contributed by atoms with E-state index in [9.17, 15) is 4.79 Å². The third-order valence-electron chi connectivity index (χ3n) is 3.10. The zero-order chi connectivity index (χ0) is 14.7. The first kappa shape index (κ1) is 13.1. The molecule has 104 valence electrons. The molecule has 0 atom stereocenters. The van der Waals surface area contributed by atoms with Gasteiger partial charge in [-0.05, 0) is 23.8 Å². The van der Waals surface area contributed by atoms with Crippen molar-refractivity contribution in [1.82, 2.24) is 14.5 Å². The Balaban J connectivity index is 2.23. The average molecular weight is 279 g/mol. The van der Waals surface area contributed by atoms with Gasteiger partial charge in [-0.25, -0.2) is 14.8 Å². The minimum atomic E-state index is -0.426. The van der Waals surface area contributed by atoms with Crippen LogP contribution in [0, 0.1) is 0 Å². The Morgan fingerprint density at radius 2 is 1.71 bits per heavy atom. The van der Waals surface area contributed by atoms with Gasteiger partial charge < -0.3 is 4.74 Å². The van der Waals surface area contributed by atoms with Gasteiger partial charge in [0.05, 0.1) is 12.8 Å². The van der Waals surface area contributed by atoms with E-state index in [1.807, 2.05) is 36.4 Å². The van der Waals surface area contributed by atoms with Crippen LogP contribution in [0.15, 0.2) is 60.9 Å². The van der Waals surface area contributed by atoms with Crippen molar-refractivity contribution in [2.24, 2.45) is 0 Å². The van der Waals surface area contributed by atoms with E-state index in [0.717, 1.165) is 11.3 Å². The van der Waals surface area contributed by atoms with Crippen molar-refractivity contribution >= 4 is 5.97 Å². The van der Waals surface area contributed by atoms with Crippen LogP contribution in [-0.2, 0) is 4.74 Å². The molecule has 0 spiro atoms. The molecule has 0 saturated heterocycles. The Morgan fingerprint density at radius 1 is 1.00 bits per heavy atom. The highest BCUT2D eigenvalue weighted by molar-refractivity contribution is 5.90. The average Bonchev–Trinajstić information content (AvgIpc) is 3.00. The van der Waals surface area contributed by atoms with Crippen molar-refractivity contribution in [3.63, 3.8) is 0 Å². The lowest BCUT2D eigenvalue weighted by Crippen LogP contribution is -2.12. The third-order valence-corrected chi connectivity index (χ3v) is 3.10. The molecular weight excluding hydrogens is 266 g/mol. The minimum absolute atomic E-state index is 0.391. The Labute approximate surface area is 121 Å². The van der Waals surface area contributed by atoms with Crippen molar-refractivity contribution in [1.29, 1.82) is 0 Å². The number of benzene rings is 1. The first-order chi connectivity index (χ1) is 10.3. The topological polar surface area (TPSA) is 57.0 Å². The number of carbonyl (C=O) groups excluding carboxylic acids is 1. The van der Waals surface area contributed by atoms with E-state index < -0.39 is 5.97 Å². The van der Waals surface area contributed by atoms with Crippen LogP contribution < -0.4 is 0 Å². The number of methoxy groups -OCH3 is 1. The molecule has 0 bridgehead atoms. The van der Waals surface area contributed by atoms with Gasteiger partial charge in [0.25, 0.3) is 0 Å². The molecule has 5 nitrogen and oxygen atoms in total. The Kier molecular flexibility index (Phi) is 3.47. The second-order valence-corrected chi connectivity index (χ2v) is 4.35. The summed E-state index contributed by atoms with van der Waals surface area (Å²) in [5, 5.41) is 0. The number of esters is 1. The molecule has 0 N–H and O–H groups in total. The van der Waals surface area contributed by atoms with Crippen molar-refractivity contribution < 1.29 is 9.53 Å². The Morgan fingerprint density at radius 3 is 2.38 bits per heavy atom. The standard InChI is InChI=1S/C16H13N3O2/c1-21-15(20)14-9-8-13(12-6-3-2-4-7-12)19(14)16-17-10-5-11-18-16/h2-11H,1H3. The minimum Gasteiger partial charge on any atom is -0.464 e. The highest BCUT2D eigenvalue weighted by atomic mass is 16.5. The summed E-state index contributed by atoms with van der Waals surface area (Å²) in [7, 11) is 1.35. The predicted octanol–water partition coefficient (Wildman–Crippen LogP) is 2.72. The van der Waals surface area contributed by atoms with E-state index in [1.165, 1.54) is 7.11 Å². The molecule has 21 heavy (non-hydrogen) atoms. The number of nitrogens with zero attached hydrogens (tertiary/aromatic N) is 3. The third kappa shape index (κ3) is 2.41. The van der Waals surface area contributed by atoms with Gasteiger partial charge in [0.2, 0.25) is 5.95 Å². The normalized spacial score (nSPS) is 10.3.